The van der Waals surface area contributed by atoms with Gasteiger partial charge in [-0.15, -0.1) is 0 Å². The number of ether oxygens (including phenoxy) is 1. The Morgan fingerprint density at radius 2 is 1.88 bits per heavy atom. The molecule has 0 unspecified atom stereocenters. The van der Waals surface area contributed by atoms with Crippen molar-refractivity contribution in [3.8, 4) is 5.75 Å². The maximum atomic E-state index is 14.3. The average Bonchev–Trinajstić information content (AvgIpc) is 2.82. The normalized spacial score (nSPS) is 16.2. The zero-order chi connectivity index (χ0) is 24.7. The standard InChI is InChI=1S/C26H35F2N3O3/c1-18(2)26(3,33)17-34-23-8-4-19(5-9-23)15-30-25(32)31(22-10-12-29-13-11-22)16-20-6-7-21(27)14-24(20)28/h4-9,14,18,22,29,33H,10-13,15-17H2,1-3H3,(H,30,32)/t26-/m1/s1. The van der Waals surface area contributed by atoms with Crippen molar-refractivity contribution in [1.29, 1.82) is 0 Å². The van der Waals surface area contributed by atoms with Crippen molar-refractivity contribution in [1.82, 2.24) is 15.5 Å². The molecule has 8 heteroatoms. The van der Waals surface area contributed by atoms with Crippen LogP contribution in [0.15, 0.2) is 42.5 Å². The molecule has 0 bridgehead atoms. The number of urea groups is 1. The van der Waals surface area contributed by atoms with Crippen LogP contribution in [0, 0.1) is 17.6 Å². The molecule has 3 rings (SSSR count). The molecule has 0 aromatic heterocycles. The summed E-state index contributed by atoms with van der Waals surface area (Å²) in [7, 11) is 0. The molecule has 0 spiro atoms. The molecular weight excluding hydrogens is 440 g/mol. The molecule has 3 N–H and O–H groups in total. The highest BCUT2D eigenvalue weighted by atomic mass is 19.1. The van der Waals surface area contributed by atoms with Crippen molar-refractivity contribution in [2.45, 2.75) is 58.3 Å². The molecule has 0 saturated carbocycles. The first-order chi connectivity index (χ1) is 16.2. The summed E-state index contributed by atoms with van der Waals surface area (Å²) in [4.78, 5) is 14.7. The highest BCUT2D eigenvalue weighted by molar-refractivity contribution is 5.74. The number of nitrogens with zero attached hydrogens (tertiary/aromatic N) is 1. The molecule has 1 fully saturated rings. The minimum Gasteiger partial charge on any atom is -0.491 e. The van der Waals surface area contributed by atoms with Gasteiger partial charge in [0.1, 0.15) is 24.0 Å². The van der Waals surface area contributed by atoms with Gasteiger partial charge in [0.15, 0.2) is 0 Å². The predicted molar refractivity (Wildman–Crippen MR) is 127 cm³/mol. The van der Waals surface area contributed by atoms with E-state index in [1.807, 2.05) is 26.0 Å². The van der Waals surface area contributed by atoms with Gasteiger partial charge in [-0.3, -0.25) is 0 Å². The number of piperidine rings is 1. The minimum atomic E-state index is -0.922. The lowest BCUT2D eigenvalue weighted by atomic mass is 9.94. The largest absolute Gasteiger partial charge is 0.491 e. The monoisotopic (exact) mass is 475 g/mol. The van der Waals surface area contributed by atoms with Gasteiger partial charge in [-0.2, -0.15) is 0 Å². The highest BCUT2D eigenvalue weighted by Crippen LogP contribution is 2.21. The second kappa shape index (κ2) is 11.6. The Morgan fingerprint density at radius 3 is 2.50 bits per heavy atom. The van der Waals surface area contributed by atoms with E-state index < -0.39 is 17.2 Å². The van der Waals surface area contributed by atoms with Gasteiger partial charge in [-0.1, -0.05) is 32.0 Å². The van der Waals surface area contributed by atoms with Crippen molar-refractivity contribution >= 4 is 6.03 Å². The van der Waals surface area contributed by atoms with E-state index in [9.17, 15) is 18.7 Å². The fraction of sp³-hybridized carbons (Fsp3) is 0.500. The van der Waals surface area contributed by atoms with Crippen LogP contribution in [-0.4, -0.2) is 47.4 Å². The molecule has 1 atom stereocenters. The summed E-state index contributed by atoms with van der Waals surface area (Å²) in [5.74, 6) is -0.592. The fourth-order valence-corrected chi connectivity index (χ4v) is 3.70. The first kappa shape index (κ1) is 25.9. The first-order valence-corrected chi connectivity index (χ1v) is 11.8. The molecule has 34 heavy (non-hydrogen) atoms. The van der Waals surface area contributed by atoms with Crippen LogP contribution in [0.1, 0.15) is 44.7 Å². The summed E-state index contributed by atoms with van der Waals surface area (Å²) in [6, 6.07) is 10.4. The second-order valence-electron chi connectivity index (χ2n) is 9.45. The predicted octanol–water partition coefficient (Wildman–Crippen LogP) is 4.21. The molecule has 6 nitrogen and oxygen atoms in total. The lowest BCUT2D eigenvalue weighted by molar-refractivity contribution is -0.0266. The smallest absolute Gasteiger partial charge is 0.318 e. The Labute approximate surface area is 200 Å². The van der Waals surface area contributed by atoms with Gasteiger partial charge in [0.25, 0.3) is 0 Å². The molecular formula is C26H35F2N3O3. The number of carbonyl (C=O) groups is 1. The van der Waals surface area contributed by atoms with E-state index in [2.05, 4.69) is 10.6 Å². The molecule has 1 saturated heterocycles. The van der Waals surface area contributed by atoms with Gasteiger partial charge in [0.05, 0.1) is 12.1 Å². The summed E-state index contributed by atoms with van der Waals surface area (Å²) < 4.78 is 33.3. The van der Waals surface area contributed by atoms with E-state index in [0.717, 1.165) is 37.6 Å². The Morgan fingerprint density at radius 1 is 1.21 bits per heavy atom. The Bertz CT molecular complexity index is 945. The third kappa shape index (κ3) is 7.14. The number of nitrogens with one attached hydrogen (secondary N) is 2. The van der Waals surface area contributed by atoms with E-state index in [4.69, 9.17) is 4.74 Å². The van der Waals surface area contributed by atoms with Crippen molar-refractivity contribution in [2.24, 2.45) is 5.92 Å². The minimum absolute atomic E-state index is 0.0322. The molecule has 1 aliphatic heterocycles. The quantitative estimate of drug-likeness (QED) is 0.508. The molecule has 0 aliphatic carbocycles. The summed E-state index contributed by atoms with van der Waals surface area (Å²) in [5, 5.41) is 16.5. The average molecular weight is 476 g/mol. The Balaban J connectivity index is 1.61. The topological polar surface area (TPSA) is 73.8 Å². The van der Waals surface area contributed by atoms with Gasteiger partial charge in [0.2, 0.25) is 0 Å². The number of amides is 2. The van der Waals surface area contributed by atoms with Crippen molar-refractivity contribution in [3.05, 3.63) is 65.2 Å². The maximum absolute atomic E-state index is 14.3. The number of benzene rings is 2. The van der Waals surface area contributed by atoms with Crippen LogP contribution >= 0.6 is 0 Å². The van der Waals surface area contributed by atoms with Gasteiger partial charge < -0.3 is 25.4 Å². The zero-order valence-corrected chi connectivity index (χ0v) is 20.1. The van der Waals surface area contributed by atoms with Gasteiger partial charge in [0, 0.05) is 24.2 Å². The van der Waals surface area contributed by atoms with Crippen LogP contribution in [0.3, 0.4) is 0 Å². The number of halogens is 2. The first-order valence-electron chi connectivity index (χ1n) is 11.8. The number of hydrogen-bond acceptors (Lipinski definition) is 4. The van der Waals surface area contributed by atoms with Crippen molar-refractivity contribution in [3.63, 3.8) is 0 Å². The lowest BCUT2D eigenvalue weighted by Crippen LogP contribution is -2.49. The number of hydrogen-bond donors (Lipinski definition) is 3. The third-order valence-electron chi connectivity index (χ3n) is 6.51. The SMILES string of the molecule is CC(C)[C@](C)(O)COc1ccc(CNC(=O)N(Cc2ccc(F)cc2F)C2CCNCC2)cc1. The van der Waals surface area contributed by atoms with Crippen LogP contribution in [0.5, 0.6) is 5.75 Å². The van der Waals surface area contributed by atoms with Crippen molar-refractivity contribution in [2.75, 3.05) is 19.7 Å². The molecule has 2 aromatic rings. The molecule has 1 heterocycles. The zero-order valence-electron chi connectivity index (χ0n) is 20.1. The van der Waals surface area contributed by atoms with Gasteiger partial charge in [-0.25, -0.2) is 13.6 Å². The molecule has 186 valence electrons. The summed E-state index contributed by atoms with van der Waals surface area (Å²) in [5.41, 5.74) is 0.248. The highest BCUT2D eigenvalue weighted by Gasteiger charge is 2.27. The number of aliphatic hydroxyl groups is 1. The summed E-state index contributed by atoms with van der Waals surface area (Å²) in [6.45, 7) is 7.75. The maximum Gasteiger partial charge on any atom is 0.318 e. The van der Waals surface area contributed by atoms with E-state index in [1.165, 1.54) is 12.1 Å². The third-order valence-corrected chi connectivity index (χ3v) is 6.51. The van der Waals surface area contributed by atoms with Crippen LogP contribution in [0.25, 0.3) is 0 Å². The number of carbonyl (C=O) groups excluding carboxylic acids is 1. The number of rotatable bonds is 9. The molecule has 0 radical (unpaired) electrons. The van der Waals surface area contributed by atoms with Crippen LogP contribution in [0.2, 0.25) is 0 Å². The van der Waals surface area contributed by atoms with E-state index in [0.29, 0.717) is 12.3 Å². The Hall–Kier alpha value is -2.71. The van der Waals surface area contributed by atoms with Gasteiger partial charge in [-0.05, 0) is 62.5 Å². The Kier molecular flexibility index (Phi) is 8.85. The van der Waals surface area contributed by atoms with E-state index in [-0.39, 0.29) is 36.7 Å². The second-order valence-corrected chi connectivity index (χ2v) is 9.45. The molecule has 2 aromatic carbocycles. The van der Waals surface area contributed by atoms with Crippen LogP contribution < -0.4 is 15.4 Å². The van der Waals surface area contributed by atoms with Crippen LogP contribution in [-0.2, 0) is 13.1 Å². The van der Waals surface area contributed by atoms with Gasteiger partial charge >= 0.3 is 6.03 Å². The molecule has 2 amide bonds. The fourth-order valence-electron chi connectivity index (χ4n) is 3.70. The van der Waals surface area contributed by atoms with E-state index in [1.54, 1.807) is 24.0 Å². The van der Waals surface area contributed by atoms with E-state index >= 15 is 0 Å². The summed E-state index contributed by atoms with van der Waals surface area (Å²) in [6.07, 6.45) is 1.53. The lowest BCUT2D eigenvalue weighted by Gasteiger charge is -2.35. The summed E-state index contributed by atoms with van der Waals surface area (Å²) >= 11 is 0. The van der Waals surface area contributed by atoms with Crippen molar-refractivity contribution < 1.29 is 23.4 Å². The van der Waals surface area contributed by atoms with Crippen LogP contribution in [0.4, 0.5) is 13.6 Å². The molecule has 1 aliphatic rings.